The Morgan fingerprint density at radius 2 is 1.63 bits per heavy atom. The topological polar surface area (TPSA) is 26.8 Å². The Balaban J connectivity index is 1.46. The second-order valence-corrected chi connectivity index (χ2v) is 7.08. The van der Waals surface area contributed by atoms with Crippen molar-refractivity contribution in [2.75, 3.05) is 39.3 Å². The molecule has 1 fully saturated rings. The average molecular weight is 369 g/mol. The molecule has 0 bridgehead atoms. The summed E-state index contributed by atoms with van der Waals surface area (Å²) in [6.45, 7) is 8.19. The number of rotatable bonds is 7. The highest BCUT2D eigenvalue weighted by molar-refractivity contribution is 5.78. The summed E-state index contributed by atoms with van der Waals surface area (Å²) in [6.07, 6.45) is 0. The quantitative estimate of drug-likeness (QED) is 0.751. The number of halogens is 1. The van der Waals surface area contributed by atoms with E-state index in [2.05, 4.69) is 34.1 Å². The molecule has 2 aromatic rings. The Morgan fingerprint density at radius 3 is 2.30 bits per heavy atom. The molecule has 0 N–H and O–H groups in total. The molecule has 4 nitrogen and oxygen atoms in total. The van der Waals surface area contributed by atoms with Gasteiger partial charge in [-0.15, -0.1) is 0 Å². The van der Waals surface area contributed by atoms with Crippen LogP contribution in [0.5, 0.6) is 0 Å². The minimum absolute atomic E-state index is 0.110. The second-order valence-electron chi connectivity index (χ2n) is 7.08. The summed E-state index contributed by atoms with van der Waals surface area (Å²) in [4.78, 5) is 19.1. The van der Waals surface area contributed by atoms with Crippen molar-refractivity contribution in [2.45, 2.75) is 20.0 Å². The molecule has 0 aliphatic carbocycles. The third-order valence-electron chi connectivity index (χ3n) is 5.07. The number of benzene rings is 2. The molecule has 0 unspecified atom stereocenters. The standard InChI is InChI=1S/C22H28FN3O/c1-2-26(17-20-9-6-10-21(23)15-20)22(27)18-25-13-11-24(12-14-25)16-19-7-4-3-5-8-19/h3-10,15H,2,11-14,16-18H2,1H3. The van der Waals surface area contributed by atoms with Crippen LogP contribution in [0.2, 0.25) is 0 Å². The van der Waals surface area contributed by atoms with Crippen molar-refractivity contribution in [1.82, 2.24) is 14.7 Å². The molecule has 1 heterocycles. The molecule has 144 valence electrons. The van der Waals surface area contributed by atoms with Gasteiger partial charge < -0.3 is 4.90 Å². The summed E-state index contributed by atoms with van der Waals surface area (Å²) in [5.74, 6) is -0.149. The first-order valence-electron chi connectivity index (χ1n) is 9.65. The van der Waals surface area contributed by atoms with Crippen LogP contribution in [-0.2, 0) is 17.9 Å². The normalized spacial score (nSPS) is 15.6. The predicted octanol–water partition coefficient (Wildman–Crippen LogP) is 2.99. The van der Waals surface area contributed by atoms with Gasteiger partial charge in [0.2, 0.25) is 5.91 Å². The molecule has 0 spiro atoms. The van der Waals surface area contributed by atoms with Crippen LogP contribution in [0.3, 0.4) is 0 Å². The molecule has 3 rings (SSSR count). The monoisotopic (exact) mass is 369 g/mol. The van der Waals surface area contributed by atoms with E-state index in [0.717, 1.165) is 38.3 Å². The number of carbonyl (C=O) groups is 1. The van der Waals surface area contributed by atoms with Crippen LogP contribution in [0.15, 0.2) is 54.6 Å². The average Bonchev–Trinajstić information content (AvgIpc) is 2.68. The SMILES string of the molecule is CCN(Cc1cccc(F)c1)C(=O)CN1CCN(Cc2ccccc2)CC1. The number of carbonyl (C=O) groups excluding carboxylic acids is 1. The van der Waals surface area contributed by atoms with Gasteiger partial charge in [0.25, 0.3) is 0 Å². The van der Waals surface area contributed by atoms with Crippen LogP contribution < -0.4 is 0 Å². The van der Waals surface area contributed by atoms with E-state index in [0.29, 0.717) is 19.6 Å². The van der Waals surface area contributed by atoms with Crippen LogP contribution in [0.1, 0.15) is 18.1 Å². The highest BCUT2D eigenvalue weighted by Gasteiger charge is 2.21. The van der Waals surface area contributed by atoms with E-state index in [1.807, 2.05) is 19.1 Å². The largest absolute Gasteiger partial charge is 0.338 e. The van der Waals surface area contributed by atoms with E-state index < -0.39 is 0 Å². The lowest BCUT2D eigenvalue weighted by Crippen LogP contribution is -2.49. The fourth-order valence-corrected chi connectivity index (χ4v) is 3.47. The van der Waals surface area contributed by atoms with Crippen LogP contribution >= 0.6 is 0 Å². The molecule has 1 aliphatic heterocycles. The highest BCUT2D eigenvalue weighted by Crippen LogP contribution is 2.11. The number of likely N-dealkylation sites (N-methyl/N-ethyl adjacent to an activating group) is 1. The Morgan fingerprint density at radius 1 is 0.963 bits per heavy atom. The molecular weight excluding hydrogens is 341 g/mol. The molecule has 0 atom stereocenters. The van der Waals surface area contributed by atoms with Crippen molar-refractivity contribution < 1.29 is 9.18 Å². The second kappa shape index (κ2) is 9.62. The van der Waals surface area contributed by atoms with Gasteiger partial charge in [0.05, 0.1) is 6.54 Å². The molecule has 27 heavy (non-hydrogen) atoms. The van der Waals surface area contributed by atoms with Gasteiger partial charge >= 0.3 is 0 Å². The number of hydrogen-bond donors (Lipinski definition) is 0. The van der Waals surface area contributed by atoms with Crippen molar-refractivity contribution in [2.24, 2.45) is 0 Å². The first-order chi connectivity index (χ1) is 13.1. The lowest BCUT2D eigenvalue weighted by atomic mass is 10.2. The first kappa shape index (κ1) is 19.5. The summed E-state index contributed by atoms with van der Waals surface area (Å²) >= 11 is 0. The molecule has 1 amide bonds. The molecule has 0 saturated carbocycles. The van der Waals surface area contributed by atoms with Crippen LogP contribution in [0.25, 0.3) is 0 Å². The van der Waals surface area contributed by atoms with Gasteiger partial charge in [0, 0.05) is 45.8 Å². The molecule has 2 aromatic carbocycles. The molecule has 1 saturated heterocycles. The Bertz CT molecular complexity index is 729. The van der Waals surface area contributed by atoms with Gasteiger partial charge in [-0.3, -0.25) is 14.6 Å². The fourth-order valence-electron chi connectivity index (χ4n) is 3.47. The minimum Gasteiger partial charge on any atom is -0.338 e. The fraction of sp³-hybridized carbons (Fsp3) is 0.409. The van der Waals surface area contributed by atoms with Crippen molar-refractivity contribution in [3.63, 3.8) is 0 Å². The Kier molecular flexibility index (Phi) is 6.96. The van der Waals surface area contributed by atoms with E-state index in [-0.39, 0.29) is 11.7 Å². The van der Waals surface area contributed by atoms with Crippen molar-refractivity contribution in [3.05, 3.63) is 71.5 Å². The van der Waals surface area contributed by atoms with Crippen LogP contribution in [0, 0.1) is 5.82 Å². The van der Waals surface area contributed by atoms with Crippen molar-refractivity contribution >= 4 is 5.91 Å². The first-order valence-corrected chi connectivity index (χ1v) is 9.65. The van der Waals surface area contributed by atoms with Crippen LogP contribution in [0.4, 0.5) is 4.39 Å². The maximum absolute atomic E-state index is 13.4. The Hall–Kier alpha value is -2.24. The summed E-state index contributed by atoms with van der Waals surface area (Å²) in [5.41, 5.74) is 2.16. The summed E-state index contributed by atoms with van der Waals surface area (Å²) in [6, 6.07) is 17.0. The van der Waals surface area contributed by atoms with E-state index in [1.165, 1.54) is 17.7 Å². The minimum atomic E-state index is -0.259. The van der Waals surface area contributed by atoms with E-state index in [4.69, 9.17) is 0 Å². The third kappa shape index (κ3) is 5.88. The highest BCUT2D eigenvalue weighted by atomic mass is 19.1. The van der Waals surface area contributed by atoms with Gasteiger partial charge in [0.1, 0.15) is 5.82 Å². The molecule has 0 aromatic heterocycles. The van der Waals surface area contributed by atoms with E-state index in [1.54, 1.807) is 11.0 Å². The zero-order valence-electron chi connectivity index (χ0n) is 16.0. The molecular formula is C22H28FN3O. The molecule has 5 heteroatoms. The van der Waals surface area contributed by atoms with Gasteiger partial charge in [-0.25, -0.2) is 4.39 Å². The summed E-state index contributed by atoms with van der Waals surface area (Å²) in [5, 5.41) is 0. The third-order valence-corrected chi connectivity index (χ3v) is 5.07. The molecule has 0 radical (unpaired) electrons. The summed E-state index contributed by atoms with van der Waals surface area (Å²) in [7, 11) is 0. The summed E-state index contributed by atoms with van der Waals surface area (Å²) < 4.78 is 13.4. The Labute approximate surface area is 161 Å². The number of amides is 1. The lowest BCUT2D eigenvalue weighted by molar-refractivity contribution is -0.133. The lowest BCUT2D eigenvalue weighted by Gasteiger charge is -2.35. The van der Waals surface area contributed by atoms with Gasteiger partial charge in [-0.05, 0) is 30.2 Å². The predicted molar refractivity (Wildman–Crippen MR) is 106 cm³/mol. The van der Waals surface area contributed by atoms with Gasteiger partial charge in [-0.2, -0.15) is 0 Å². The zero-order chi connectivity index (χ0) is 19.1. The maximum Gasteiger partial charge on any atom is 0.237 e. The number of piperazine rings is 1. The van der Waals surface area contributed by atoms with Crippen LogP contribution in [-0.4, -0.2) is 59.9 Å². The van der Waals surface area contributed by atoms with Gasteiger partial charge in [0.15, 0.2) is 0 Å². The molecule has 1 aliphatic rings. The van der Waals surface area contributed by atoms with E-state index in [9.17, 15) is 9.18 Å². The van der Waals surface area contributed by atoms with Crippen molar-refractivity contribution in [3.8, 4) is 0 Å². The zero-order valence-corrected chi connectivity index (χ0v) is 16.0. The van der Waals surface area contributed by atoms with E-state index >= 15 is 0 Å². The maximum atomic E-state index is 13.4. The number of hydrogen-bond acceptors (Lipinski definition) is 3. The van der Waals surface area contributed by atoms with Gasteiger partial charge in [-0.1, -0.05) is 42.5 Å². The number of nitrogens with zero attached hydrogens (tertiary/aromatic N) is 3. The van der Waals surface area contributed by atoms with Crippen molar-refractivity contribution in [1.29, 1.82) is 0 Å². The smallest absolute Gasteiger partial charge is 0.237 e.